The maximum atomic E-state index is 5.73. The summed E-state index contributed by atoms with van der Waals surface area (Å²) in [6.07, 6.45) is 2.06. The van der Waals surface area contributed by atoms with Gasteiger partial charge < -0.3 is 14.8 Å². The third kappa shape index (κ3) is 3.39. The molecule has 0 amide bonds. The van der Waals surface area contributed by atoms with Crippen LogP contribution in [0.5, 0.6) is 5.75 Å². The van der Waals surface area contributed by atoms with Gasteiger partial charge in [0.1, 0.15) is 5.75 Å². The van der Waals surface area contributed by atoms with E-state index < -0.39 is 0 Å². The topological polar surface area (TPSA) is 30.5 Å². The van der Waals surface area contributed by atoms with Crippen molar-refractivity contribution in [3.05, 3.63) is 22.7 Å². The summed E-state index contributed by atoms with van der Waals surface area (Å²) in [6.45, 7) is 5.10. The van der Waals surface area contributed by atoms with E-state index in [1.54, 1.807) is 7.11 Å². The van der Waals surface area contributed by atoms with Crippen molar-refractivity contribution in [3.8, 4) is 5.75 Å². The summed E-state index contributed by atoms with van der Waals surface area (Å²) in [5, 5.41) is 3.56. The minimum absolute atomic E-state index is 0.0324. The van der Waals surface area contributed by atoms with Gasteiger partial charge in [0.15, 0.2) is 0 Å². The van der Waals surface area contributed by atoms with Gasteiger partial charge >= 0.3 is 0 Å². The van der Waals surface area contributed by atoms with E-state index >= 15 is 0 Å². The van der Waals surface area contributed by atoms with Gasteiger partial charge in [-0.1, -0.05) is 0 Å². The SMILES string of the molecule is COc1cc(NC2CCOC(C)(C)C2)ccc1Br. The molecule has 4 heteroatoms. The fraction of sp³-hybridized carbons (Fsp3) is 0.571. The van der Waals surface area contributed by atoms with Gasteiger partial charge in [0.05, 0.1) is 17.2 Å². The number of nitrogens with one attached hydrogen (secondary N) is 1. The fourth-order valence-corrected chi connectivity index (χ4v) is 2.75. The second-order valence-corrected chi connectivity index (χ2v) is 6.15. The summed E-state index contributed by atoms with van der Waals surface area (Å²) in [7, 11) is 1.68. The Morgan fingerprint density at radius 2 is 2.22 bits per heavy atom. The van der Waals surface area contributed by atoms with Crippen molar-refractivity contribution in [2.75, 3.05) is 19.0 Å². The van der Waals surface area contributed by atoms with E-state index in [2.05, 4.69) is 41.2 Å². The number of anilines is 1. The summed E-state index contributed by atoms with van der Waals surface area (Å²) in [5.74, 6) is 0.853. The van der Waals surface area contributed by atoms with Gasteiger partial charge in [0, 0.05) is 24.4 Å². The Labute approximate surface area is 117 Å². The van der Waals surface area contributed by atoms with Crippen molar-refractivity contribution in [1.29, 1.82) is 0 Å². The molecule has 1 unspecified atom stereocenters. The molecular formula is C14H20BrNO2. The molecule has 0 aromatic heterocycles. The van der Waals surface area contributed by atoms with Gasteiger partial charge in [-0.15, -0.1) is 0 Å². The molecule has 0 radical (unpaired) electrons. The predicted molar refractivity (Wildman–Crippen MR) is 77.4 cm³/mol. The van der Waals surface area contributed by atoms with E-state index in [-0.39, 0.29) is 5.60 Å². The second-order valence-electron chi connectivity index (χ2n) is 5.29. The molecule has 1 fully saturated rings. The Balaban J connectivity index is 2.05. The van der Waals surface area contributed by atoms with E-state index in [1.165, 1.54) is 0 Å². The third-order valence-electron chi connectivity index (χ3n) is 3.22. The lowest BCUT2D eigenvalue weighted by molar-refractivity contribution is -0.0553. The first kappa shape index (κ1) is 13.7. The number of halogens is 1. The van der Waals surface area contributed by atoms with Crippen molar-refractivity contribution in [3.63, 3.8) is 0 Å². The van der Waals surface area contributed by atoms with Crippen LogP contribution in [0.15, 0.2) is 22.7 Å². The molecule has 1 saturated heterocycles. The minimum atomic E-state index is -0.0324. The van der Waals surface area contributed by atoms with Crippen molar-refractivity contribution < 1.29 is 9.47 Å². The molecule has 0 spiro atoms. The molecule has 1 heterocycles. The normalized spacial score (nSPS) is 22.6. The largest absolute Gasteiger partial charge is 0.495 e. The fourth-order valence-electron chi connectivity index (χ4n) is 2.34. The van der Waals surface area contributed by atoms with Crippen LogP contribution in [0.3, 0.4) is 0 Å². The number of rotatable bonds is 3. The standard InChI is InChI=1S/C14H20BrNO2/c1-14(2)9-11(6-7-18-14)16-10-4-5-12(15)13(8-10)17-3/h4-5,8,11,16H,6-7,9H2,1-3H3. The first-order valence-corrected chi connectivity index (χ1v) is 7.03. The van der Waals surface area contributed by atoms with Crippen LogP contribution in [0.2, 0.25) is 0 Å². The molecule has 1 aromatic carbocycles. The molecule has 1 atom stereocenters. The Bertz CT molecular complexity index is 420. The molecule has 1 aliphatic heterocycles. The summed E-state index contributed by atoms with van der Waals surface area (Å²) >= 11 is 3.46. The maximum Gasteiger partial charge on any atom is 0.135 e. The second kappa shape index (κ2) is 5.49. The molecule has 0 saturated carbocycles. The first-order chi connectivity index (χ1) is 8.50. The molecule has 18 heavy (non-hydrogen) atoms. The van der Waals surface area contributed by atoms with Gasteiger partial charge in [-0.2, -0.15) is 0 Å². The molecule has 2 rings (SSSR count). The van der Waals surface area contributed by atoms with Crippen molar-refractivity contribution in [2.24, 2.45) is 0 Å². The highest BCUT2D eigenvalue weighted by molar-refractivity contribution is 9.10. The first-order valence-electron chi connectivity index (χ1n) is 6.24. The lowest BCUT2D eigenvalue weighted by Crippen LogP contribution is -2.40. The smallest absolute Gasteiger partial charge is 0.135 e. The van der Waals surface area contributed by atoms with Crippen LogP contribution in [0.4, 0.5) is 5.69 Å². The van der Waals surface area contributed by atoms with E-state index in [9.17, 15) is 0 Å². The van der Waals surface area contributed by atoms with Crippen LogP contribution >= 0.6 is 15.9 Å². The molecule has 0 bridgehead atoms. The summed E-state index contributed by atoms with van der Waals surface area (Å²) in [4.78, 5) is 0. The zero-order valence-electron chi connectivity index (χ0n) is 11.1. The Kier molecular flexibility index (Phi) is 4.17. The van der Waals surface area contributed by atoms with Gasteiger partial charge in [0.2, 0.25) is 0 Å². The quantitative estimate of drug-likeness (QED) is 0.920. The molecular weight excluding hydrogens is 294 g/mol. The molecule has 3 nitrogen and oxygen atoms in total. The van der Waals surface area contributed by atoms with E-state index in [0.29, 0.717) is 6.04 Å². The predicted octanol–water partition coefficient (Wildman–Crippen LogP) is 3.83. The zero-order valence-corrected chi connectivity index (χ0v) is 12.7. The van der Waals surface area contributed by atoms with Gasteiger partial charge in [-0.05, 0) is 54.8 Å². The highest BCUT2D eigenvalue weighted by Crippen LogP contribution is 2.30. The number of methoxy groups -OCH3 is 1. The van der Waals surface area contributed by atoms with E-state index in [4.69, 9.17) is 9.47 Å². The number of hydrogen-bond donors (Lipinski definition) is 1. The van der Waals surface area contributed by atoms with Crippen molar-refractivity contribution >= 4 is 21.6 Å². The number of ether oxygens (including phenoxy) is 2. The molecule has 100 valence electrons. The van der Waals surface area contributed by atoms with Crippen LogP contribution in [-0.4, -0.2) is 25.4 Å². The monoisotopic (exact) mass is 313 g/mol. The van der Waals surface area contributed by atoms with Crippen LogP contribution in [0.25, 0.3) is 0 Å². The number of benzene rings is 1. The van der Waals surface area contributed by atoms with E-state index in [0.717, 1.165) is 35.4 Å². The highest BCUT2D eigenvalue weighted by Gasteiger charge is 2.28. The third-order valence-corrected chi connectivity index (χ3v) is 3.87. The summed E-state index contributed by atoms with van der Waals surface area (Å²) < 4.78 is 12.0. The number of hydrogen-bond acceptors (Lipinski definition) is 3. The zero-order chi connectivity index (χ0) is 13.2. The Morgan fingerprint density at radius 1 is 1.44 bits per heavy atom. The molecule has 1 aromatic rings. The lowest BCUT2D eigenvalue weighted by atomic mass is 9.94. The Morgan fingerprint density at radius 3 is 2.89 bits per heavy atom. The highest BCUT2D eigenvalue weighted by atomic mass is 79.9. The molecule has 1 aliphatic rings. The van der Waals surface area contributed by atoms with Crippen LogP contribution in [-0.2, 0) is 4.74 Å². The Hall–Kier alpha value is -0.740. The van der Waals surface area contributed by atoms with Crippen LogP contribution in [0.1, 0.15) is 26.7 Å². The van der Waals surface area contributed by atoms with Crippen molar-refractivity contribution in [1.82, 2.24) is 0 Å². The van der Waals surface area contributed by atoms with Crippen molar-refractivity contribution in [2.45, 2.75) is 38.3 Å². The summed E-state index contributed by atoms with van der Waals surface area (Å²) in [5.41, 5.74) is 1.06. The maximum absolute atomic E-state index is 5.73. The average Bonchev–Trinajstić information content (AvgIpc) is 2.30. The van der Waals surface area contributed by atoms with E-state index in [1.807, 2.05) is 12.1 Å². The molecule has 0 aliphatic carbocycles. The lowest BCUT2D eigenvalue weighted by Gasteiger charge is -2.36. The summed E-state index contributed by atoms with van der Waals surface area (Å²) in [6, 6.07) is 6.55. The molecule has 1 N–H and O–H groups in total. The van der Waals surface area contributed by atoms with Gasteiger partial charge in [-0.3, -0.25) is 0 Å². The van der Waals surface area contributed by atoms with Gasteiger partial charge in [-0.25, -0.2) is 0 Å². The minimum Gasteiger partial charge on any atom is -0.495 e. The van der Waals surface area contributed by atoms with Gasteiger partial charge in [0.25, 0.3) is 0 Å². The average molecular weight is 314 g/mol. The van der Waals surface area contributed by atoms with Crippen LogP contribution in [0, 0.1) is 0 Å². The van der Waals surface area contributed by atoms with Crippen LogP contribution < -0.4 is 10.1 Å².